The van der Waals surface area contributed by atoms with E-state index in [0.717, 1.165) is 23.4 Å². The van der Waals surface area contributed by atoms with Crippen LogP contribution in [0.25, 0.3) is 22.2 Å². The lowest BCUT2D eigenvalue weighted by Gasteiger charge is -2.35. The molecule has 1 unspecified atom stereocenters. The summed E-state index contributed by atoms with van der Waals surface area (Å²) in [4.78, 5) is 67.5. The van der Waals surface area contributed by atoms with Crippen LogP contribution in [0.15, 0.2) is 60.0 Å². The van der Waals surface area contributed by atoms with E-state index in [1.165, 1.54) is 28.4 Å². The Hall–Kier alpha value is -3.97. The van der Waals surface area contributed by atoms with Gasteiger partial charge in [-0.15, -0.1) is 11.3 Å². The molecule has 45 heavy (non-hydrogen) atoms. The van der Waals surface area contributed by atoms with Crippen molar-refractivity contribution < 1.29 is 37.5 Å². The molecule has 1 fully saturated rings. The van der Waals surface area contributed by atoms with Crippen LogP contribution in [0.3, 0.4) is 0 Å². The highest BCUT2D eigenvalue weighted by atomic mass is 32.1. The third-order valence-electron chi connectivity index (χ3n) is 7.61. The molecule has 1 saturated heterocycles. The minimum atomic E-state index is -5.78. The average Bonchev–Trinajstić information content (AvgIpc) is 3.74. The molecule has 15 heteroatoms. The van der Waals surface area contributed by atoms with E-state index in [1.807, 2.05) is 35.7 Å². The van der Waals surface area contributed by atoms with Gasteiger partial charge >= 0.3 is 13.3 Å². The molecular formula is C30H32F2N5O6PS. The van der Waals surface area contributed by atoms with E-state index in [2.05, 4.69) is 20.6 Å². The number of thiazole rings is 1. The van der Waals surface area contributed by atoms with E-state index in [0.29, 0.717) is 24.5 Å². The maximum Gasteiger partial charge on any atom is 0.399 e. The number of anilines is 1. The first-order valence-electron chi connectivity index (χ1n) is 14.1. The van der Waals surface area contributed by atoms with Gasteiger partial charge in [0.2, 0.25) is 11.8 Å². The molecule has 2 aromatic heterocycles. The highest BCUT2D eigenvalue weighted by Crippen LogP contribution is 2.59. The number of aromatic amines is 1. The summed E-state index contributed by atoms with van der Waals surface area (Å²) >= 11 is 1.28. The number of likely N-dealkylation sites (tertiary alicyclic amines) is 1. The van der Waals surface area contributed by atoms with Gasteiger partial charge in [0.1, 0.15) is 17.8 Å². The Bertz CT molecular complexity index is 1800. The van der Waals surface area contributed by atoms with Crippen LogP contribution in [0, 0.1) is 5.41 Å². The summed E-state index contributed by atoms with van der Waals surface area (Å²) < 4.78 is 39.8. The lowest BCUT2D eigenvalue weighted by atomic mass is 9.85. The van der Waals surface area contributed by atoms with Crippen molar-refractivity contribution in [1.29, 1.82) is 0 Å². The fourth-order valence-corrected chi connectivity index (χ4v) is 6.40. The molecule has 3 amide bonds. The van der Waals surface area contributed by atoms with Crippen LogP contribution in [0.2, 0.25) is 0 Å². The number of alkyl halides is 2. The van der Waals surface area contributed by atoms with Gasteiger partial charge in [0.05, 0.1) is 5.69 Å². The van der Waals surface area contributed by atoms with Gasteiger partial charge < -0.3 is 30.3 Å². The predicted octanol–water partition coefficient (Wildman–Crippen LogP) is 5.29. The van der Waals surface area contributed by atoms with Crippen molar-refractivity contribution in [2.45, 2.75) is 51.4 Å². The molecule has 2 atom stereocenters. The highest BCUT2D eigenvalue weighted by Gasteiger charge is 2.50. The number of carbonyl (C=O) groups is 3. The zero-order chi connectivity index (χ0) is 32.7. The molecule has 0 saturated carbocycles. The smallest absolute Gasteiger partial charge is 0.351 e. The van der Waals surface area contributed by atoms with E-state index in [1.54, 1.807) is 20.8 Å². The molecular weight excluding hydrogens is 627 g/mol. The Morgan fingerprint density at radius 2 is 1.82 bits per heavy atom. The maximum absolute atomic E-state index is 14.3. The van der Waals surface area contributed by atoms with E-state index in [9.17, 15) is 27.7 Å². The first-order valence-corrected chi connectivity index (χ1v) is 16.6. The van der Waals surface area contributed by atoms with Crippen LogP contribution >= 0.6 is 18.9 Å². The largest absolute Gasteiger partial charge is 0.399 e. The summed E-state index contributed by atoms with van der Waals surface area (Å²) in [6, 6.07) is 11.9. The van der Waals surface area contributed by atoms with E-state index >= 15 is 0 Å². The van der Waals surface area contributed by atoms with Crippen LogP contribution in [0.5, 0.6) is 0 Å². The lowest BCUT2D eigenvalue weighted by Crippen LogP contribution is -2.57. The predicted molar refractivity (Wildman–Crippen MR) is 166 cm³/mol. The monoisotopic (exact) mass is 659 g/mol. The van der Waals surface area contributed by atoms with Crippen LogP contribution in [0.1, 0.15) is 49.7 Å². The number of aromatic nitrogens is 2. The third-order valence-corrected chi connectivity index (χ3v) is 9.36. The first-order chi connectivity index (χ1) is 21.1. The molecule has 4 aromatic rings. The number of fused-ring (bicyclic) bond motifs is 1. The standard InChI is InChI=1S/C30H32F2N5O6PS/c1-29(2,3)24(35-25(38)21-15-18-14-19(11-12-20(18)33-21)30(31,32)44(41,42)43)27(40)37-13-7-10-23(37)26(39)36-28-34-22(16-45-28)17-8-5-4-6-9-17/h4-6,8-9,11-12,14-16,23-24,33H,7,10,13H2,1-3H3,(H,35,38)(H,34,36,39)(H2,41,42,43)/t23-,24?/m0/s1. The number of hydrogen-bond donors (Lipinski definition) is 5. The molecule has 5 N–H and O–H groups in total. The van der Waals surface area contributed by atoms with Gasteiger partial charge in [0.15, 0.2) is 5.13 Å². The number of carbonyl (C=O) groups excluding carboxylic acids is 3. The SMILES string of the molecule is CC(C)(C)C(NC(=O)c1cc2cc(C(F)(F)P(=O)(O)O)ccc2[nH]1)C(=O)N1CCC[C@H]1C(=O)Nc1nc(-c2ccccc2)cs1. The quantitative estimate of drug-likeness (QED) is 0.160. The fourth-order valence-electron chi connectivity index (χ4n) is 5.20. The molecule has 0 aliphatic carbocycles. The summed E-state index contributed by atoms with van der Waals surface area (Å²) in [6.07, 6.45) is 1.02. The Kier molecular flexibility index (Phi) is 8.71. The van der Waals surface area contributed by atoms with Crippen molar-refractivity contribution >= 4 is 52.7 Å². The highest BCUT2D eigenvalue weighted by molar-refractivity contribution is 7.52. The summed E-state index contributed by atoms with van der Waals surface area (Å²) in [5.74, 6) is -1.52. The van der Waals surface area contributed by atoms with E-state index in [4.69, 9.17) is 9.79 Å². The number of H-pyrrole nitrogens is 1. The van der Waals surface area contributed by atoms with Gasteiger partial charge in [-0.2, -0.15) is 8.78 Å². The molecule has 1 aliphatic heterocycles. The Labute approximate surface area is 261 Å². The Balaban J connectivity index is 1.31. The molecule has 0 bridgehead atoms. The van der Waals surface area contributed by atoms with Crippen molar-refractivity contribution in [3.63, 3.8) is 0 Å². The fraction of sp³-hybridized carbons (Fsp3) is 0.333. The van der Waals surface area contributed by atoms with Gasteiger partial charge in [-0.1, -0.05) is 57.2 Å². The number of halogens is 2. The zero-order valence-corrected chi connectivity index (χ0v) is 26.3. The Morgan fingerprint density at radius 1 is 1.11 bits per heavy atom. The van der Waals surface area contributed by atoms with Crippen LogP contribution in [-0.2, 0) is 19.8 Å². The van der Waals surface area contributed by atoms with Gasteiger partial charge in [-0.3, -0.25) is 18.9 Å². The molecule has 11 nitrogen and oxygen atoms in total. The molecule has 2 aromatic carbocycles. The van der Waals surface area contributed by atoms with Crippen molar-refractivity contribution in [3.8, 4) is 11.3 Å². The topological polar surface area (TPSA) is 165 Å². The van der Waals surface area contributed by atoms with Crippen LogP contribution < -0.4 is 10.6 Å². The van der Waals surface area contributed by atoms with Crippen LogP contribution in [0.4, 0.5) is 13.9 Å². The molecule has 0 radical (unpaired) electrons. The minimum Gasteiger partial charge on any atom is -0.351 e. The number of nitrogens with one attached hydrogen (secondary N) is 3. The molecule has 3 heterocycles. The van der Waals surface area contributed by atoms with Crippen molar-refractivity contribution in [1.82, 2.24) is 20.2 Å². The normalized spacial score (nSPS) is 16.5. The second-order valence-corrected chi connectivity index (χ2v) is 14.4. The second kappa shape index (κ2) is 12.1. The van der Waals surface area contributed by atoms with Crippen molar-refractivity contribution in [2.75, 3.05) is 11.9 Å². The molecule has 238 valence electrons. The zero-order valence-electron chi connectivity index (χ0n) is 24.6. The van der Waals surface area contributed by atoms with Gasteiger partial charge in [0, 0.05) is 34.0 Å². The lowest BCUT2D eigenvalue weighted by molar-refractivity contribution is -0.140. The summed E-state index contributed by atoms with van der Waals surface area (Å²) in [6.45, 7) is 5.62. The molecule has 5 rings (SSSR count). The van der Waals surface area contributed by atoms with E-state index < -0.39 is 48.1 Å². The average molecular weight is 660 g/mol. The Morgan fingerprint density at radius 3 is 2.49 bits per heavy atom. The first kappa shape index (κ1) is 32.4. The summed E-state index contributed by atoms with van der Waals surface area (Å²) in [5.41, 5.74) is -4.23. The second-order valence-electron chi connectivity index (χ2n) is 11.9. The molecule has 1 aliphatic rings. The van der Waals surface area contributed by atoms with Crippen molar-refractivity contribution in [2.24, 2.45) is 5.41 Å². The third kappa shape index (κ3) is 6.69. The summed E-state index contributed by atoms with van der Waals surface area (Å²) in [7, 11) is -5.78. The van der Waals surface area contributed by atoms with Gasteiger partial charge in [0.25, 0.3) is 5.91 Å². The maximum atomic E-state index is 14.3. The van der Waals surface area contributed by atoms with Crippen LogP contribution in [-0.4, -0.2) is 61.0 Å². The number of amides is 3. The molecule has 0 spiro atoms. The van der Waals surface area contributed by atoms with Gasteiger partial charge in [-0.05, 0) is 36.5 Å². The number of benzene rings is 2. The number of rotatable bonds is 8. The van der Waals surface area contributed by atoms with E-state index in [-0.39, 0.29) is 22.5 Å². The minimum absolute atomic E-state index is 0.0441. The number of nitrogens with zero attached hydrogens (tertiary/aromatic N) is 2. The summed E-state index contributed by atoms with van der Waals surface area (Å²) in [5, 5.41) is 7.92. The number of hydrogen-bond acceptors (Lipinski definition) is 6. The van der Waals surface area contributed by atoms with Crippen molar-refractivity contribution in [3.05, 3.63) is 71.2 Å². The van der Waals surface area contributed by atoms with Gasteiger partial charge in [-0.25, -0.2) is 4.98 Å².